The molecule has 0 amide bonds. The van der Waals surface area contributed by atoms with E-state index in [1.807, 2.05) is 0 Å². The maximum absolute atomic E-state index is 12.4. The van der Waals surface area contributed by atoms with Crippen molar-refractivity contribution in [3.8, 4) is 0 Å². The van der Waals surface area contributed by atoms with E-state index in [9.17, 15) is 18.0 Å². The van der Waals surface area contributed by atoms with E-state index < -0.39 is 19.3 Å². The third-order valence-corrected chi connectivity index (χ3v) is 2.36. The van der Waals surface area contributed by atoms with Gasteiger partial charge in [-0.05, 0) is 19.1 Å². The zero-order chi connectivity index (χ0) is 13.8. The Hall–Kier alpha value is -1.56. The molecule has 0 bridgehead atoms. The molecule has 3 nitrogen and oxygen atoms in total. The Bertz CT molecular complexity index is 418. The third kappa shape index (κ3) is 4.03. The number of para-hydroxylation sites is 1. The van der Waals surface area contributed by atoms with E-state index in [-0.39, 0.29) is 23.6 Å². The van der Waals surface area contributed by atoms with Gasteiger partial charge in [0.15, 0.2) is 5.78 Å². The van der Waals surface area contributed by atoms with Crippen LogP contribution in [0.3, 0.4) is 0 Å². The molecule has 0 aliphatic rings. The molecule has 0 atom stereocenters. The molecule has 18 heavy (non-hydrogen) atoms. The van der Waals surface area contributed by atoms with Gasteiger partial charge in [-0.1, -0.05) is 12.1 Å². The lowest BCUT2D eigenvalue weighted by Crippen LogP contribution is -2.37. The van der Waals surface area contributed by atoms with Crippen LogP contribution in [-0.4, -0.2) is 36.8 Å². The Morgan fingerprint density at radius 1 is 1.33 bits per heavy atom. The lowest BCUT2D eigenvalue weighted by atomic mass is 10.1. The standard InChI is InChI=1S/C12H14F3NO2/c1-9(18)10-4-2-3-5-11(10)16(6-7-17)8-12(13,14)15/h2-5,17H,6-8H2,1H3. The minimum Gasteiger partial charge on any atom is -0.395 e. The number of ketones is 1. The average molecular weight is 261 g/mol. The molecule has 1 rings (SSSR count). The number of halogens is 3. The fourth-order valence-corrected chi connectivity index (χ4v) is 1.67. The Kier molecular flexibility index (Phi) is 4.72. The molecule has 1 aromatic carbocycles. The van der Waals surface area contributed by atoms with Crippen molar-refractivity contribution in [3.63, 3.8) is 0 Å². The van der Waals surface area contributed by atoms with E-state index in [1.54, 1.807) is 12.1 Å². The highest BCUT2D eigenvalue weighted by Crippen LogP contribution is 2.25. The summed E-state index contributed by atoms with van der Waals surface area (Å²) in [4.78, 5) is 12.3. The number of Topliss-reactive ketones (excluding diaryl/α,β-unsaturated/α-hetero) is 1. The van der Waals surface area contributed by atoms with Crippen LogP contribution in [-0.2, 0) is 0 Å². The van der Waals surface area contributed by atoms with Crippen molar-refractivity contribution in [2.24, 2.45) is 0 Å². The maximum atomic E-state index is 12.4. The lowest BCUT2D eigenvalue weighted by molar-refractivity contribution is -0.119. The van der Waals surface area contributed by atoms with Crippen LogP contribution in [0.15, 0.2) is 24.3 Å². The van der Waals surface area contributed by atoms with Gasteiger partial charge in [-0.3, -0.25) is 4.79 Å². The molecule has 0 aromatic heterocycles. The van der Waals surface area contributed by atoms with E-state index in [2.05, 4.69) is 0 Å². The van der Waals surface area contributed by atoms with Crippen LogP contribution in [0.4, 0.5) is 18.9 Å². The highest BCUT2D eigenvalue weighted by Gasteiger charge is 2.31. The second-order valence-corrected chi connectivity index (χ2v) is 3.83. The Morgan fingerprint density at radius 3 is 2.44 bits per heavy atom. The number of anilines is 1. The van der Waals surface area contributed by atoms with Crippen LogP contribution >= 0.6 is 0 Å². The zero-order valence-corrected chi connectivity index (χ0v) is 9.87. The maximum Gasteiger partial charge on any atom is 0.405 e. The van der Waals surface area contributed by atoms with E-state index in [0.717, 1.165) is 4.90 Å². The summed E-state index contributed by atoms with van der Waals surface area (Å²) in [7, 11) is 0. The van der Waals surface area contributed by atoms with Gasteiger partial charge in [-0.15, -0.1) is 0 Å². The summed E-state index contributed by atoms with van der Waals surface area (Å²) >= 11 is 0. The first-order chi connectivity index (χ1) is 8.35. The van der Waals surface area contributed by atoms with E-state index in [4.69, 9.17) is 5.11 Å². The quantitative estimate of drug-likeness (QED) is 0.826. The minimum absolute atomic E-state index is 0.177. The van der Waals surface area contributed by atoms with Crippen molar-refractivity contribution in [2.75, 3.05) is 24.6 Å². The van der Waals surface area contributed by atoms with Gasteiger partial charge in [0.05, 0.1) is 6.61 Å². The second kappa shape index (κ2) is 5.86. The molecule has 100 valence electrons. The fraction of sp³-hybridized carbons (Fsp3) is 0.417. The van der Waals surface area contributed by atoms with E-state index in [0.29, 0.717) is 0 Å². The SMILES string of the molecule is CC(=O)c1ccccc1N(CCO)CC(F)(F)F. The molecule has 0 radical (unpaired) electrons. The number of nitrogens with zero attached hydrogens (tertiary/aromatic N) is 1. The molecule has 0 spiro atoms. The highest BCUT2D eigenvalue weighted by molar-refractivity contribution is 5.99. The number of alkyl halides is 3. The number of benzene rings is 1. The molecule has 0 unspecified atom stereocenters. The van der Waals surface area contributed by atoms with Crippen molar-refractivity contribution < 1.29 is 23.1 Å². The number of carbonyl (C=O) groups excluding carboxylic acids is 1. The van der Waals surface area contributed by atoms with Gasteiger partial charge in [-0.2, -0.15) is 13.2 Å². The number of aliphatic hydroxyl groups is 1. The monoisotopic (exact) mass is 261 g/mol. The number of carbonyl (C=O) groups is 1. The normalized spacial score (nSPS) is 11.4. The van der Waals surface area contributed by atoms with Crippen molar-refractivity contribution in [1.82, 2.24) is 0 Å². The number of rotatable bonds is 5. The number of hydrogen-bond donors (Lipinski definition) is 1. The molecule has 0 aliphatic carbocycles. The summed E-state index contributed by atoms with van der Waals surface area (Å²) in [6.45, 7) is -0.493. The molecule has 0 heterocycles. The Balaban J connectivity index is 3.09. The van der Waals surface area contributed by atoms with Crippen molar-refractivity contribution in [1.29, 1.82) is 0 Å². The average Bonchev–Trinajstić information content (AvgIpc) is 2.26. The van der Waals surface area contributed by atoms with Gasteiger partial charge in [0.25, 0.3) is 0 Å². The third-order valence-electron chi connectivity index (χ3n) is 2.36. The molecule has 1 aromatic rings. The first-order valence-electron chi connectivity index (χ1n) is 5.37. The second-order valence-electron chi connectivity index (χ2n) is 3.83. The van der Waals surface area contributed by atoms with Crippen molar-refractivity contribution in [2.45, 2.75) is 13.1 Å². The molecular formula is C12H14F3NO2. The Labute approximate surface area is 103 Å². The van der Waals surface area contributed by atoms with Crippen LogP contribution in [0.25, 0.3) is 0 Å². The summed E-state index contributed by atoms with van der Waals surface area (Å²) in [5.41, 5.74) is 0.409. The van der Waals surface area contributed by atoms with Crippen LogP contribution in [0.5, 0.6) is 0 Å². The fourth-order valence-electron chi connectivity index (χ4n) is 1.67. The van der Waals surface area contributed by atoms with Gasteiger partial charge < -0.3 is 10.0 Å². The molecule has 0 saturated heterocycles. The summed E-state index contributed by atoms with van der Waals surface area (Å²) in [6.07, 6.45) is -4.39. The smallest absolute Gasteiger partial charge is 0.395 e. The Morgan fingerprint density at radius 2 is 1.94 bits per heavy atom. The first kappa shape index (κ1) is 14.5. The van der Waals surface area contributed by atoms with Crippen molar-refractivity contribution in [3.05, 3.63) is 29.8 Å². The topological polar surface area (TPSA) is 40.5 Å². The summed E-state index contributed by atoms with van der Waals surface area (Å²) in [5.74, 6) is -0.310. The largest absolute Gasteiger partial charge is 0.405 e. The van der Waals surface area contributed by atoms with Gasteiger partial charge >= 0.3 is 6.18 Å². The molecule has 0 saturated carbocycles. The van der Waals surface area contributed by atoms with Gasteiger partial charge in [0.1, 0.15) is 6.54 Å². The molecule has 0 aliphatic heterocycles. The molecule has 6 heteroatoms. The van der Waals surface area contributed by atoms with Crippen LogP contribution in [0, 0.1) is 0 Å². The summed E-state index contributed by atoms with van der Waals surface area (Å²) in [5, 5.41) is 8.83. The van der Waals surface area contributed by atoms with Crippen molar-refractivity contribution >= 4 is 11.5 Å². The molecule has 1 N–H and O–H groups in total. The number of aliphatic hydroxyl groups excluding tert-OH is 1. The van der Waals surface area contributed by atoms with Crippen LogP contribution in [0.1, 0.15) is 17.3 Å². The molecular weight excluding hydrogens is 247 g/mol. The van der Waals surface area contributed by atoms with E-state index in [1.165, 1.54) is 19.1 Å². The first-order valence-corrected chi connectivity index (χ1v) is 5.37. The number of hydrogen-bond acceptors (Lipinski definition) is 3. The van der Waals surface area contributed by atoms with Gasteiger partial charge in [0, 0.05) is 17.8 Å². The zero-order valence-electron chi connectivity index (χ0n) is 9.87. The molecule has 0 fully saturated rings. The predicted molar refractivity (Wildman–Crippen MR) is 61.8 cm³/mol. The summed E-state index contributed by atoms with van der Waals surface area (Å²) in [6, 6.07) is 6.06. The van der Waals surface area contributed by atoms with E-state index >= 15 is 0 Å². The highest BCUT2D eigenvalue weighted by atomic mass is 19.4. The van der Waals surface area contributed by atoms with Crippen LogP contribution < -0.4 is 4.90 Å². The van der Waals surface area contributed by atoms with Gasteiger partial charge in [-0.25, -0.2) is 0 Å². The van der Waals surface area contributed by atoms with Gasteiger partial charge in [0.2, 0.25) is 0 Å². The van der Waals surface area contributed by atoms with Crippen LogP contribution in [0.2, 0.25) is 0 Å². The summed E-state index contributed by atoms with van der Waals surface area (Å²) < 4.78 is 37.3. The lowest BCUT2D eigenvalue weighted by Gasteiger charge is -2.26. The minimum atomic E-state index is -4.39. The predicted octanol–water partition coefficient (Wildman–Crippen LogP) is 2.25.